The molecule has 0 radical (unpaired) electrons. The maximum Gasteiger partial charge on any atom is 0.223 e. The molecular formula is C21H20N4O2. The number of hydrogen-bond donors (Lipinski definition) is 1. The van der Waals surface area contributed by atoms with E-state index in [0.717, 1.165) is 27.8 Å². The van der Waals surface area contributed by atoms with Gasteiger partial charge in [-0.1, -0.05) is 35.0 Å². The van der Waals surface area contributed by atoms with E-state index in [-0.39, 0.29) is 0 Å². The highest BCUT2D eigenvalue weighted by molar-refractivity contribution is 5.88. The van der Waals surface area contributed by atoms with E-state index in [0.29, 0.717) is 24.1 Å². The number of pyridine rings is 1. The Labute approximate surface area is 157 Å². The van der Waals surface area contributed by atoms with Crippen molar-refractivity contribution in [2.24, 2.45) is 0 Å². The lowest BCUT2D eigenvalue weighted by atomic mass is 10.1. The maximum atomic E-state index is 5.44. The van der Waals surface area contributed by atoms with Gasteiger partial charge < -0.3 is 14.6 Å². The van der Waals surface area contributed by atoms with Crippen molar-refractivity contribution in [2.75, 3.05) is 12.4 Å². The standard InChI is InChI=1S/C21H20N4O2/c1-13-8-9-18-16(10-13)11-17(21-23-14(2)27-25-21)20(24-18)22-12-15-6-4-5-7-19(15)26-3/h4-11H,12H2,1-3H3,(H,22,24). The largest absolute Gasteiger partial charge is 0.496 e. The fourth-order valence-corrected chi connectivity index (χ4v) is 3.04. The normalized spacial score (nSPS) is 10.9. The van der Waals surface area contributed by atoms with Crippen LogP contribution in [-0.4, -0.2) is 22.2 Å². The molecule has 0 spiro atoms. The summed E-state index contributed by atoms with van der Waals surface area (Å²) in [4.78, 5) is 9.18. The summed E-state index contributed by atoms with van der Waals surface area (Å²) in [6, 6.07) is 16.1. The molecule has 0 unspecified atom stereocenters. The Hall–Kier alpha value is -3.41. The topological polar surface area (TPSA) is 73.1 Å². The van der Waals surface area contributed by atoms with Crippen LogP contribution < -0.4 is 10.1 Å². The number of hydrogen-bond acceptors (Lipinski definition) is 6. The van der Waals surface area contributed by atoms with Gasteiger partial charge in [0.15, 0.2) is 0 Å². The van der Waals surface area contributed by atoms with Crippen LogP contribution in [0.1, 0.15) is 17.0 Å². The van der Waals surface area contributed by atoms with E-state index in [1.807, 2.05) is 36.4 Å². The lowest BCUT2D eigenvalue weighted by Gasteiger charge is -2.13. The molecule has 0 saturated carbocycles. The Kier molecular flexibility index (Phi) is 4.46. The maximum absolute atomic E-state index is 5.44. The van der Waals surface area contributed by atoms with Crippen LogP contribution in [0.4, 0.5) is 5.82 Å². The number of aryl methyl sites for hydroxylation is 2. The lowest BCUT2D eigenvalue weighted by Crippen LogP contribution is -2.05. The molecule has 6 heteroatoms. The van der Waals surface area contributed by atoms with Crippen molar-refractivity contribution in [1.82, 2.24) is 15.1 Å². The van der Waals surface area contributed by atoms with Crippen molar-refractivity contribution in [1.29, 1.82) is 0 Å². The van der Waals surface area contributed by atoms with E-state index < -0.39 is 0 Å². The number of aromatic nitrogens is 3. The molecule has 4 rings (SSSR count). The highest BCUT2D eigenvalue weighted by atomic mass is 16.5. The van der Waals surface area contributed by atoms with Gasteiger partial charge in [-0.15, -0.1) is 0 Å². The van der Waals surface area contributed by atoms with Crippen LogP contribution in [-0.2, 0) is 6.54 Å². The molecule has 136 valence electrons. The van der Waals surface area contributed by atoms with Crippen molar-refractivity contribution in [2.45, 2.75) is 20.4 Å². The molecule has 0 aliphatic carbocycles. The Morgan fingerprint density at radius 1 is 1.04 bits per heavy atom. The van der Waals surface area contributed by atoms with E-state index in [4.69, 9.17) is 14.2 Å². The van der Waals surface area contributed by atoms with Gasteiger partial charge in [0.25, 0.3) is 0 Å². The lowest BCUT2D eigenvalue weighted by molar-refractivity contribution is 0.394. The second-order valence-electron chi connectivity index (χ2n) is 6.38. The molecule has 0 aliphatic rings. The van der Waals surface area contributed by atoms with Crippen LogP contribution in [0.15, 0.2) is 53.1 Å². The molecule has 2 aromatic carbocycles. The SMILES string of the molecule is COc1ccccc1CNc1nc2ccc(C)cc2cc1-c1noc(C)n1. The zero-order chi connectivity index (χ0) is 18.8. The van der Waals surface area contributed by atoms with E-state index in [1.54, 1.807) is 14.0 Å². The van der Waals surface area contributed by atoms with Crippen LogP contribution in [0.5, 0.6) is 5.75 Å². The van der Waals surface area contributed by atoms with Gasteiger partial charge in [-0.2, -0.15) is 4.98 Å². The molecule has 1 N–H and O–H groups in total. The average Bonchev–Trinajstić information content (AvgIpc) is 3.12. The Balaban J connectivity index is 1.76. The van der Waals surface area contributed by atoms with Crippen LogP contribution in [0, 0.1) is 13.8 Å². The van der Waals surface area contributed by atoms with Gasteiger partial charge in [-0.05, 0) is 31.2 Å². The number of methoxy groups -OCH3 is 1. The van der Waals surface area contributed by atoms with E-state index in [1.165, 1.54) is 5.56 Å². The van der Waals surface area contributed by atoms with Crippen LogP contribution in [0.25, 0.3) is 22.3 Å². The molecule has 0 bridgehead atoms. The highest BCUT2D eigenvalue weighted by Gasteiger charge is 2.15. The molecule has 2 heterocycles. The molecule has 27 heavy (non-hydrogen) atoms. The van der Waals surface area contributed by atoms with Crippen LogP contribution in [0.2, 0.25) is 0 Å². The van der Waals surface area contributed by atoms with Gasteiger partial charge >= 0.3 is 0 Å². The van der Waals surface area contributed by atoms with E-state index >= 15 is 0 Å². The van der Waals surface area contributed by atoms with Crippen molar-refractivity contribution < 1.29 is 9.26 Å². The second-order valence-corrected chi connectivity index (χ2v) is 6.38. The highest BCUT2D eigenvalue weighted by Crippen LogP contribution is 2.30. The fourth-order valence-electron chi connectivity index (χ4n) is 3.04. The number of benzene rings is 2. The molecule has 4 aromatic rings. The van der Waals surface area contributed by atoms with Crippen molar-refractivity contribution >= 4 is 16.7 Å². The number of ether oxygens (including phenoxy) is 1. The van der Waals surface area contributed by atoms with Gasteiger partial charge in [0.05, 0.1) is 18.2 Å². The summed E-state index contributed by atoms with van der Waals surface area (Å²) in [5, 5.41) is 8.52. The summed E-state index contributed by atoms with van der Waals surface area (Å²) >= 11 is 0. The average molecular weight is 360 g/mol. The predicted octanol–water partition coefficient (Wildman–Crippen LogP) is 4.52. The summed E-state index contributed by atoms with van der Waals surface area (Å²) in [5.74, 6) is 2.58. The van der Waals surface area contributed by atoms with Crippen molar-refractivity contribution in [3.05, 3.63) is 65.5 Å². The van der Waals surface area contributed by atoms with Crippen molar-refractivity contribution in [3.8, 4) is 17.1 Å². The molecule has 0 fully saturated rings. The van der Waals surface area contributed by atoms with E-state index in [2.05, 4.69) is 34.5 Å². The number of rotatable bonds is 5. The first-order valence-electron chi connectivity index (χ1n) is 8.72. The third-order valence-corrected chi connectivity index (χ3v) is 4.38. The zero-order valence-electron chi connectivity index (χ0n) is 15.5. The molecular weight excluding hydrogens is 340 g/mol. The summed E-state index contributed by atoms with van der Waals surface area (Å²) in [5.41, 5.74) is 3.93. The minimum absolute atomic E-state index is 0.519. The Bertz CT molecular complexity index is 1100. The van der Waals surface area contributed by atoms with Crippen molar-refractivity contribution in [3.63, 3.8) is 0 Å². The first-order chi connectivity index (χ1) is 13.1. The fraction of sp³-hybridized carbons (Fsp3) is 0.190. The minimum atomic E-state index is 0.519. The first-order valence-corrected chi connectivity index (χ1v) is 8.72. The van der Waals surface area contributed by atoms with Crippen LogP contribution in [0.3, 0.4) is 0 Å². The number of fused-ring (bicyclic) bond motifs is 1. The van der Waals surface area contributed by atoms with Gasteiger partial charge in [-0.25, -0.2) is 4.98 Å². The monoisotopic (exact) mass is 360 g/mol. The number of nitrogens with one attached hydrogen (secondary N) is 1. The molecule has 0 saturated heterocycles. The summed E-state index contributed by atoms with van der Waals surface area (Å²) < 4.78 is 10.6. The number of nitrogens with zero attached hydrogens (tertiary/aromatic N) is 3. The Morgan fingerprint density at radius 3 is 2.67 bits per heavy atom. The molecule has 0 aliphatic heterocycles. The summed E-state index contributed by atoms with van der Waals surface area (Å²) in [6.07, 6.45) is 0. The summed E-state index contributed by atoms with van der Waals surface area (Å²) in [6.45, 7) is 4.40. The van der Waals surface area contributed by atoms with E-state index in [9.17, 15) is 0 Å². The number of anilines is 1. The van der Waals surface area contributed by atoms with Gasteiger partial charge in [-0.3, -0.25) is 0 Å². The Morgan fingerprint density at radius 2 is 1.89 bits per heavy atom. The minimum Gasteiger partial charge on any atom is -0.496 e. The van der Waals surface area contributed by atoms with Gasteiger partial charge in [0.1, 0.15) is 11.6 Å². The molecule has 6 nitrogen and oxygen atoms in total. The van der Waals surface area contributed by atoms with Crippen LogP contribution >= 0.6 is 0 Å². The second kappa shape index (κ2) is 7.07. The van der Waals surface area contributed by atoms with Gasteiger partial charge in [0, 0.05) is 24.4 Å². The third kappa shape index (κ3) is 3.46. The third-order valence-electron chi connectivity index (χ3n) is 4.38. The smallest absolute Gasteiger partial charge is 0.223 e. The quantitative estimate of drug-likeness (QED) is 0.564. The predicted molar refractivity (Wildman–Crippen MR) is 105 cm³/mol. The summed E-state index contributed by atoms with van der Waals surface area (Å²) in [7, 11) is 1.67. The molecule has 2 aromatic heterocycles. The zero-order valence-corrected chi connectivity index (χ0v) is 15.5. The van der Waals surface area contributed by atoms with Gasteiger partial charge in [0.2, 0.25) is 11.7 Å². The molecule has 0 amide bonds. The number of para-hydroxylation sites is 1. The molecule has 0 atom stereocenters. The first kappa shape index (κ1) is 17.0.